The first-order chi connectivity index (χ1) is 21.2. The van der Waals surface area contributed by atoms with Crippen molar-refractivity contribution >= 4 is 19.6 Å². The SMILES string of the molecule is C[Si](C)(C)CCOCn1c(C(N)=O)nc(C#N)c1-c1ccc(C2CCN(CCN3CCOCC3)CC2)cc1C1=CCCCC1. The Morgan fingerprint density at radius 3 is 2.45 bits per heavy atom. The molecule has 5 rings (SSSR count). The first kappa shape index (κ1) is 32.6. The van der Waals surface area contributed by atoms with E-state index in [1.165, 1.54) is 17.6 Å². The molecule has 9 nitrogen and oxygen atoms in total. The molecule has 0 bridgehead atoms. The number of likely N-dealkylation sites (tertiary alicyclic amines) is 1. The molecule has 10 heteroatoms. The van der Waals surface area contributed by atoms with Crippen molar-refractivity contribution in [3.8, 4) is 17.3 Å². The van der Waals surface area contributed by atoms with Crippen LogP contribution in [0.1, 0.15) is 71.9 Å². The molecule has 44 heavy (non-hydrogen) atoms. The van der Waals surface area contributed by atoms with Crippen LogP contribution in [0.3, 0.4) is 0 Å². The van der Waals surface area contributed by atoms with Crippen molar-refractivity contribution in [3.05, 3.63) is 46.9 Å². The minimum atomic E-state index is -1.29. The van der Waals surface area contributed by atoms with Gasteiger partial charge in [0.2, 0.25) is 5.82 Å². The maximum absolute atomic E-state index is 12.5. The van der Waals surface area contributed by atoms with Gasteiger partial charge >= 0.3 is 0 Å². The molecule has 2 N–H and O–H groups in total. The largest absolute Gasteiger partial charge is 0.379 e. The number of nitrogens with zero attached hydrogens (tertiary/aromatic N) is 5. The van der Waals surface area contributed by atoms with Crippen LogP contribution in [0.4, 0.5) is 0 Å². The Hall–Kier alpha value is -2.81. The number of carbonyl (C=O) groups excluding carboxylic acids is 1. The van der Waals surface area contributed by atoms with E-state index in [0.29, 0.717) is 18.2 Å². The zero-order valence-corrected chi connectivity index (χ0v) is 27.9. The third-order valence-corrected chi connectivity index (χ3v) is 11.0. The van der Waals surface area contributed by atoms with Crippen molar-refractivity contribution < 1.29 is 14.3 Å². The number of imidazole rings is 1. The number of morpholine rings is 1. The molecule has 1 aliphatic carbocycles. The zero-order valence-electron chi connectivity index (χ0n) is 26.9. The zero-order chi connectivity index (χ0) is 31.1. The molecule has 0 spiro atoms. The van der Waals surface area contributed by atoms with Crippen LogP contribution < -0.4 is 5.73 Å². The minimum absolute atomic E-state index is 0.0710. The van der Waals surface area contributed by atoms with Crippen LogP contribution in [-0.2, 0) is 16.2 Å². The van der Waals surface area contributed by atoms with Crippen molar-refractivity contribution in [2.75, 3.05) is 59.1 Å². The molecule has 0 radical (unpaired) electrons. The lowest BCUT2D eigenvalue weighted by Crippen LogP contribution is -2.43. The van der Waals surface area contributed by atoms with Crippen LogP contribution in [-0.4, -0.2) is 92.4 Å². The van der Waals surface area contributed by atoms with E-state index in [0.717, 1.165) is 102 Å². The highest BCUT2D eigenvalue weighted by Gasteiger charge is 2.27. The summed E-state index contributed by atoms with van der Waals surface area (Å²) in [6.07, 6.45) is 9.02. The van der Waals surface area contributed by atoms with Crippen molar-refractivity contribution in [3.63, 3.8) is 0 Å². The van der Waals surface area contributed by atoms with E-state index < -0.39 is 14.0 Å². The maximum atomic E-state index is 12.5. The smallest absolute Gasteiger partial charge is 0.284 e. The van der Waals surface area contributed by atoms with Gasteiger partial charge in [-0.2, -0.15) is 5.26 Å². The summed E-state index contributed by atoms with van der Waals surface area (Å²) >= 11 is 0. The molecule has 2 saturated heterocycles. The molecule has 2 aromatic rings. The number of hydrogen-bond donors (Lipinski definition) is 1. The van der Waals surface area contributed by atoms with Gasteiger partial charge < -0.3 is 20.1 Å². The van der Waals surface area contributed by atoms with Gasteiger partial charge in [0, 0.05) is 46.4 Å². The molecule has 3 heterocycles. The summed E-state index contributed by atoms with van der Waals surface area (Å²) in [5, 5.41) is 10.1. The van der Waals surface area contributed by atoms with Gasteiger partial charge in [-0.05, 0) is 80.3 Å². The summed E-state index contributed by atoms with van der Waals surface area (Å²) in [5.41, 5.74) is 11.4. The van der Waals surface area contributed by atoms with Crippen molar-refractivity contribution in [2.24, 2.45) is 5.73 Å². The summed E-state index contributed by atoms with van der Waals surface area (Å²) in [4.78, 5) is 22.0. The fourth-order valence-corrected chi connectivity index (χ4v) is 7.38. The second-order valence-corrected chi connectivity index (χ2v) is 19.4. The van der Waals surface area contributed by atoms with E-state index in [2.05, 4.69) is 64.8 Å². The lowest BCUT2D eigenvalue weighted by atomic mass is 9.83. The third kappa shape index (κ3) is 8.26. The predicted molar refractivity (Wildman–Crippen MR) is 177 cm³/mol. The topological polar surface area (TPSA) is 110 Å². The summed E-state index contributed by atoms with van der Waals surface area (Å²) < 4.78 is 13.3. The number of ether oxygens (including phenoxy) is 2. The summed E-state index contributed by atoms with van der Waals surface area (Å²) in [6.45, 7) is 15.9. The second kappa shape index (κ2) is 15.0. The van der Waals surface area contributed by atoms with E-state index in [-0.39, 0.29) is 18.2 Å². The quantitative estimate of drug-likeness (QED) is 0.254. The molecule has 0 unspecified atom stereocenters. The Morgan fingerprint density at radius 1 is 1.09 bits per heavy atom. The first-order valence-corrected chi connectivity index (χ1v) is 20.2. The normalized spacial score (nSPS) is 19.1. The van der Waals surface area contributed by atoms with Crippen LogP contribution in [0.2, 0.25) is 25.7 Å². The van der Waals surface area contributed by atoms with E-state index in [9.17, 15) is 10.1 Å². The van der Waals surface area contributed by atoms with Crippen molar-refractivity contribution in [1.29, 1.82) is 5.26 Å². The Labute approximate surface area is 264 Å². The Morgan fingerprint density at radius 2 is 1.82 bits per heavy atom. The van der Waals surface area contributed by atoms with Crippen LogP contribution in [0.15, 0.2) is 24.3 Å². The molecule has 1 amide bonds. The van der Waals surface area contributed by atoms with Crippen molar-refractivity contribution in [2.45, 2.75) is 76.9 Å². The number of nitriles is 1. The number of aromatic nitrogens is 2. The van der Waals surface area contributed by atoms with Crippen LogP contribution in [0.5, 0.6) is 0 Å². The summed E-state index contributed by atoms with van der Waals surface area (Å²) in [7, 11) is -1.29. The number of hydrogen-bond acceptors (Lipinski definition) is 7. The predicted octanol–water partition coefficient (Wildman–Crippen LogP) is 5.30. The highest BCUT2D eigenvalue weighted by molar-refractivity contribution is 6.76. The van der Waals surface area contributed by atoms with Crippen LogP contribution >= 0.6 is 0 Å². The highest BCUT2D eigenvalue weighted by Crippen LogP contribution is 2.39. The number of carbonyl (C=O) groups is 1. The Balaban J connectivity index is 1.40. The van der Waals surface area contributed by atoms with Gasteiger partial charge in [0.05, 0.1) is 18.9 Å². The maximum Gasteiger partial charge on any atom is 0.284 e. The fourth-order valence-electron chi connectivity index (χ4n) is 6.62. The first-order valence-electron chi connectivity index (χ1n) is 16.5. The molecule has 1 aromatic carbocycles. The molecule has 0 saturated carbocycles. The molecule has 3 aliphatic rings. The third-order valence-electron chi connectivity index (χ3n) is 9.34. The molecular weight excluding hydrogens is 568 g/mol. The lowest BCUT2D eigenvalue weighted by Gasteiger charge is -2.35. The standard InChI is InChI=1S/C34H50N6O3Si/c1-44(2,3)22-21-43-25-40-32(31(24-35)37-34(40)33(36)41)29-10-9-28(23-30(29)27-7-5-4-6-8-27)26-11-13-38(14-12-26)15-16-39-17-19-42-20-18-39/h7,9-10,23,26H,4-6,8,11-22,25H2,1-3H3,(H2,36,41). The van der Waals surface area contributed by atoms with E-state index >= 15 is 0 Å². The Bertz CT molecular complexity index is 1360. The number of amides is 1. The molecule has 2 fully saturated rings. The van der Waals surface area contributed by atoms with Gasteiger partial charge in [-0.15, -0.1) is 0 Å². The summed E-state index contributed by atoms with van der Waals surface area (Å²) in [5.74, 6) is -0.0864. The highest BCUT2D eigenvalue weighted by atomic mass is 28.3. The van der Waals surface area contributed by atoms with Crippen molar-refractivity contribution in [1.82, 2.24) is 19.4 Å². The van der Waals surface area contributed by atoms with Crippen LogP contribution in [0.25, 0.3) is 16.8 Å². The molecule has 2 aliphatic heterocycles. The number of allylic oxidation sites excluding steroid dienone is 2. The van der Waals surface area contributed by atoms with E-state index in [1.807, 2.05) is 0 Å². The number of nitrogens with two attached hydrogens (primary N) is 1. The Kier molecular flexibility index (Phi) is 11.1. The minimum Gasteiger partial charge on any atom is -0.379 e. The van der Waals surface area contributed by atoms with E-state index in [4.69, 9.17) is 15.2 Å². The number of benzene rings is 1. The monoisotopic (exact) mass is 618 g/mol. The fraction of sp³-hybridized carbons (Fsp3) is 0.618. The number of piperidine rings is 1. The molecular formula is C34H50N6O3Si. The van der Waals surface area contributed by atoms with Crippen LogP contribution in [0, 0.1) is 11.3 Å². The van der Waals surface area contributed by atoms with Gasteiger partial charge in [-0.3, -0.25) is 14.3 Å². The summed E-state index contributed by atoms with van der Waals surface area (Å²) in [6, 6.07) is 9.98. The average Bonchev–Trinajstić information content (AvgIpc) is 3.41. The van der Waals surface area contributed by atoms with E-state index in [1.54, 1.807) is 4.57 Å². The second-order valence-electron chi connectivity index (χ2n) is 13.7. The van der Waals surface area contributed by atoms with Gasteiger partial charge in [0.1, 0.15) is 12.8 Å². The van der Waals surface area contributed by atoms with Gasteiger partial charge in [-0.1, -0.05) is 43.9 Å². The molecule has 1 aromatic heterocycles. The van der Waals surface area contributed by atoms with Gasteiger partial charge in [-0.25, -0.2) is 4.98 Å². The van der Waals surface area contributed by atoms with Gasteiger partial charge in [0.25, 0.3) is 5.91 Å². The molecule has 238 valence electrons. The number of rotatable bonds is 12. The van der Waals surface area contributed by atoms with Gasteiger partial charge in [0.15, 0.2) is 5.69 Å². The lowest BCUT2D eigenvalue weighted by molar-refractivity contribution is 0.0321. The molecule has 0 atom stereocenters. The number of primary amides is 1. The average molecular weight is 619 g/mol.